The first-order chi connectivity index (χ1) is 6.71. The van der Waals surface area contributed by atoms with Crippen molar-refractivity contribution in [1.29, 1.82) is 5.26 Å². The second kappa shape index (κ2) is 3.69. The second-order valence-electron chi connectivity index (χ2n) is 4.16. The van der Waals surface area contributed by atoms with Crippen molar-refractivity contribution in [2.75, 3.05) is 0 Å². The SMILES string of the molecule is CC1(C)C(CC(Cl)(Cl)Cl)C1(C#N)OC=O. The molecule has 0 spiro atoms. The van der Waals surface area contributed by atoms with Crippen LogP contribution in [0.1, 0.15) is 20.3 Å². The largest absolute Gasteiger partial charge is 0.445 e. The molecule has 0 amide bonds. The lowest BCUT2D eigenvalue weighted by atomic mass is 10.1. The standard InChI is InChI=1S/C9H10Cl3NO2/c1-7(2)6(3-9(10,11)12)8(7,4-13)15-5-14/h5-6H,3H2,1-2H3. The molecule has 1 aliphatic rings. The highest BCUT2D eigenvalue weighted by molar-refractivity contribution is 6.67. The van der Waals surface area contributed by atoms with Crippen LogP contribution in [0.4, 0.5) is 0 Å². The number of rotatable bonds is 3. The molecule has 0 heterocycles. The summed E-state index contributed by atoms with van der Waals surface area (Å²) in [5, 5.41) is 9.03. The summed E-state index contributed by atoms with van der Waals surface area (Å²) in [5.74, 6) is -0.257. The molecule has 1 aliphatic carbocycles. The highest BCUT2D eigenvalue weighted by Gasteiger charge is 2.75. The van der Waals surface area contributed by atoms with Gasteiger partial charge in [-0.3, -0.25) is 4.79 Å². The van der Waals surface area contributed by atoms with Crippen LogP contribution in [-0.4, -0.2) is 15.9 Å². The first kappa shape index (κ1) is 12.9. The van der Waals surface area contributed by atoms with E-state index in [4.69, 9.17) is 44.8 Å². The summed E-state index contributed by atoms with van der Waals surface area (Å²) in [6.07, 6.45) is 0.187. The molecule has 0 aromatic heterocycles. The Bertz CT molecular complexity index is 318. The molecule has 0 aromatic carbocycles. The van der Waals surface area contributed by atoms with E-state index < -0.39 is 14.8 Å². The predicted octanol–water partition coefficient (Wildman–Crippen LogP) is 2.84. The summed E-state index contributed by atoms with van der Waals surface area (Å²) >= 11 is 17.0. The minimum Gasteiger partial charge on any atom is -0.445 e. The number of nitriles is 1. The Labute approximate surface area is 103 Å². The summed E-state index contributed by atoms with van der Waals surface area (Å²) in [6, 6.07) is 1.99. The zero-order valence-electron chi connectivity index (χ0n) is 8.26. The quantitative estimate of drug-likeness (QED) is 0.585. The van der Waals surface area contributed by atoms with Gasteiger partial charge in [-0.15, -0.1) is 0 Å². The van der Waals surface area contributed by atoms with E-state index >= 15 is 0 Å². The summed E-state index contributed by atoms with van der Waals surface area (Å²) in [4.78, 5) is 10.3. The van der Waals surface area contributed by atoms with Gasteiger partial charge in [0.15, 0.2) is 3.79 Å². The molecule has 0 N–H and O–H groups in total. The van der Waals surface area contributed by atoms with Crippen LogP contribution < -0.4 is 0 Å². The van der Waals surface area contributed by atoms with Crippen molar-refractivity contribution in [3.63, 3.8) is 0 Å². The Kier molecular flexibility index (Phi) is 3.17. The number of hydrogen-bond donors (Lipinski definition) is 0. The molecule has 6 heteroatoms. The Hall–Kier alpha value is -0.170. The molecule has 84 valence electrons. The third kappa shape index (κ3) is 2.04. The Morgan fingerprint density at radius 2 is 2.07 bits per heavy atom. The summed E-state index contributed by atoms with van der Waals surface area (Å²) in [6.45, 7) is 3.88. The van der Waals surface area contributed by atoms with Gasteiger partial charge in [0.25, 0.3) is 6.47 Å². The van der Waals surface area contributed by atoms with Crippen molar-refractivity contribution in [1.82, 2.24) is 0 Å². The third-order valence-electron chi connectivity index (χ3n) is 3.07. The molecule has 15 heavy (non-hydrogen) atoms. The van der Waals surface area contributed by atoms with E-state index in [2.05, 4.69) is 0 Å². The van der Waals surface area contributed by atoms with E-state index in [-0.39, 0.29) is 18.8 Å². The molecule has 1 rings (SSSR count). The maximum atomic E-state index is 10.3. The molecular weight excluding hydrogens is 260 g/mol. The lowest BCUT2D eigenvalue weighted by Gasteiger charge is -2.11. The van der Waals surface area contributed by atoms with Crippen molar-refractivity contribution < 1.29 is 9.53 Å². The van der Waals surface area contributed by atoms with Crippen LogP contribution in [0.5, 0.6) is 0 Å². The van der Waals surface area contributed by atoms with Crippen LogP contribution >= 0.6 is 34.8 Å². The van der Waals surface area contributed by atoms with Crippen molar-refractivity contribution in [2.45, 2.75) is 29.7 Å². The molecule has 1 fully saturated rings. The van der Waals surface area contributed by atoms with Crippen LogP contribution in [0.2, 0.25) is 0 Å². The molecule has 0 saturated heterocycles. The maximum Gasteiger partial charge on any atom is 0.294 e. The fourth-order valence-electron chi connectivity index (χ4n) is 2.02. The lowest BCUT2D eigenvalue weighted by molar-refractivity contribution is -0.134. The Morgan fingerprint density at radius 1 is 1.53 bits per heavy atom. The van der Waals surface area contributed by atoms with Crippen LogP contribution in [0.15, 0.2) is 0 Å². The predicted molar refractivity (Wildman–Crippen MR) is 57.7 cm³/mol. The average molecular weight is 271 g/mol. The van der Waals surface area contributed by atoms with Gasteiger partial charge in [-0.2, -0.15) is 5.26 Å². The number of carbonyl (C=O) groups excluding carboxylic acids is 1. The van der Waals surface area contributed by atoms with E-state index in [0.717, 1.165) is 0 Å². The number of nitrogens with zero attached hydrogens (tertiary/aromatic N) is 1. The fourth-order valence-corrected chi connectivity index (χ4v) is 2.48. The molecule has 1 saturated carbocycles. The molecule has 2 unspecified atom stereocenters. The van der Waals surface area contributed by atoms with Gasteiger partial charge >= 0.3 is 0 Å². The van der Waals surface area contributed by atoms with Crippen molar-refractivity contribution in [3.8, 4) is 6.07 Å². The number of halogens is 3. The first-order valence-electron chi connectivity index (χ1n) is 4.31. The average Bonchev–Trinajstić information content (AvgIpc) is 2.49. The highest BCUT2D eigenvalue weighted by Crippen LogP contribution is 2.67. The van der Waals surface area contributed by atoms with Gasteiger partial charge in [0.1, 0.15) is 6.07 Å². The molecule has 0 bridgehead atoms. The zero-order chi connectivity index (χ0) is 11.9. The monoisotopic (exact) mass is 269 g/mol. The normalized spacial score (nSPS) is 32.9. The van der Waals surface area contributed by atoms with Crippen molar-refractivity contribution in [2.24, 2.45) is 11.3 Å². The van der Waals surface area contributed by atoms with Gasteiger partial charge in [0.05, 0.1) is 0 Å². The number of carbonyl (C=O) groups is 1. The fraction of sp³-hybridized carbons (Fsp3) is 0.778. The Balaban J connectivity index is 2.86. The molecule has 3 nitrogen and oxygen atoms in total. The van der Waals surface area contributed by atoms with E-state index in [9.17, 15) is 4.79 Å². The van der Waals surface area contributed by atoms with Crippen LogP contribution in [0.3, 0.4) is 0 Å². The molecular formula is C9H10Cl3NO2. The van der Waals surface area contributed by atoms with Crippen molar-refractivity contribution >= 4 is 41.3 Å². The van der Waals surface area contributed by atoms with Gasteiger partial charge in [-0.1, -0.05) is 48.7 Å². The molecule has 0 radical (unpaired) electrons. The smallest absolute Gasteiger partial charge is 0.294 e. The second-order valence-corrected chi connectivity index (χ2v) is 6.67. The van der Waals surface area contributed by atoms with Crippen LogP contribution in [-0.2, 0) is 9.53 Å². The van der Waals surface area contributed by atoms with Gasteiger partial charge < -0.3 is 4.74 Å². The number of hydrogen-bond acceptors (Lipinski definition) is 3. The Morgan fingerprint density at radius 3 is 2.40 bits per heavy atom. The maximum absolute atomic E-state index is 10.3. The molecule has 2 atom stereocenters. The van der Waals surface area contributed by atoms with E-state index in [1.807, 2.05) is 6.07 Å². The minimum absolute atomic E-state index is 0.187. The minimum atomic E-state index is -1.44. The highest BCUT2D eigenvalue weighted by atomic mass is 35.6. The van der Waals surface area contributed by atoms with E-state index in [0.29, 0.717) is 0 Å². The molecule has 0 aromatic rings. The topological polar surface area (TPSA) is 50.1 Å². The number of alkyl halides is 3. The summed E-state index contributed by atoms with van der Waals surface area (Å²) in [7, 11) is 0. The van der Waals surface area contributed by atoms with E-state index in [1.165, 1.54) is 0 Å². The van der Waals surface area contributed by atoms with Crippen LogP contribution in [0.25, 0.3) is 0 Å². The van der Waals surface area contributed by atoms with E-state index in [1.54, 1.807) is 13.8 Å². The lowest BCUT2D eigenvalue weighted by Crippen LogP contribution is -2.19. The van der Waals surface area contributed by atoms with Gasteiger partial charge in [0, 0.05) is 17.8 Å². The van der Waals surface area contributed by atoms with Crippen molar-refractivity contribution in [3.05, 3.63) is 0 Å². The summed E-state index contributed by atoms with van der Waals surface area (Å²) in [5.41, 5.74) is -1.63. The zero-order valence-corrected chi connectivity index (χ0v) is 10.5. The van der Waals surface area contributed by atoms with Gasteiger partial charge in [-0.05, 0) is 0 Å². The van der Waals surface area contributed by atoms with Crippen LogP contribution in [0, 0.1) is 22.7 Å². The van der Waals surface area contributed by atoms with Gasteiger partial charge in [0.2, 0.25) is 5.60 Å². The number of ether oxygens (including phenoxy) is 1. The first-order valence-corrected chi connectivity index (χ1v) is 5.44. The molecule has 0 aliphatic heterocycles. The summed E-state index contributed by atoms with van der Waals surface area (Å²) < 4.78 is 3.41. The van der Waals surface area contributed by atoms with Gasteiger partial charge in [-0.25, -0.2) is 0 Å². The third-order valence-corrected chi connectivity index (χ3v) is 3.53.